The number of alkyl halides is 3. The van der Waals surface area contributed by atoms with Crippen LogP contribution in [0.4, 0.5) is 18.9 Å². The van der Waals surface area contributed by atoms with Gasteiger partial charge < -0.3 is 15.7 Å². The lowest BCUT2D eigenvalue weighted by Crippen LogP contribution is -2.33. The Balaban J connectivity index is 1.89. The van der Waals surface area contributed by atoms with Gasteiger partial charge in [-0.2, -0.15) is 13.2 Å². The van der Waals surface area contributed by atoms with E-state index >= 15 is 0 Å². The largest absolute Gasteiger partial charge is 0.478 e. The smallest absolute Gasteiger partial charge is 0.405 e. The zero-order valence-corrected chi connectivity index (χ0v) is 17.4. The molecule has 0 atom stereocenters. The van der Waals surface area contributed by atoms with E-state index in [0.29, 0.717) is 5.56 Å². The number of hydrogen-bond acceptors (Lipinski definition) is 3. The molecule has 0 aliphatic heterocycles. The molecule has 9 heteroatoms. The zero-order chi connectivity index (χ0) is 24.2. The summed E-state index contributed by atoms with van der Waals surface area (Å²) in [6.45, 7) is 0.0993. The first-order valence-corrected chi connectivity index (χ1v) is 9.78. The highest BCUT2D eigenvalue weighted by molar-refractivity contribution is 6.26. The van der Waals surface area contributed by atoms with E-state index in [-0.39, 0.29) is 22.4 Å². The van der Waals surface area contributed by atoms with Crippen LogP contribution in [0.5, 0.6) is 0 Å². The van der Waals surface area contributed by atoms with E-state index in [1.165, 1.54) is 0 Å². The van der Waals surface area contributed by atoms with Gasteiger partial charge in [0.05, 0.1) is 11.3 Å². The minimum absolute atomic E-state index is 0.215. The Bertz CT molecular complexity index is 1270. The Morgan fingerprint density at radius 1 is 0.939 bits per heavy atom. The number of hydrogen-bond donors (Lipinski definition) is 3. The predicted molar refractivity (Wildman–Crippen MR) is 118 cm³/mol. The number of anilines is 1. The highest BCUT2D eigenvalue weighted by Gasteiger charge is 2.28. The van der Waals surface area contributed by atoms with Crippen LogP contribution in [0.15, 0.2) is 66.7 Å². The molecule has 3 aromatic carbocycles. The molecule has 3 N–H and O–H groups in total. The third-order valence-corrected chi connectivity index (χ3v) is 4.80. The Kier molecular flexibility index (Phi) is 6.81. The quantitative estimate of drug-likeness (QED) is 0.461. The normalized spacial score (nSPS) is 11.8. The summed E-state index contributed by atoms with van der Waals surface area (Å²) in [5.41, 5.74) is 0.0814. The minimum atomic E-state index is -4.60. The molecule has 0 aromatic heterocycles. The topological polar surface area (TPSA) is 95.5 Å². The maximum atomic E-state index is 13.0. The minimum Gasteiger partial charge on any atom is -0.478 e. The number of carboxylic acid groups (broad SMARTS) is 1. The van der Waals surface area contributed by atoms with Crippen molar-refractivity contribution < 1.29 is 32.7 Å². The second-order valence-corrected chi connectivity index (χ2v) is 7.08. The number of rotatable bonds is 6. The highest BCUT2D eigenvalue weighted by atomic mass is 19.4. The number of carbonyl (C=O) groups excluding carboxylic acids is 2. The van der Waals surface area contributed by atoms with Crippen molar-refractivity contribution in [1.29, 1.82) is 0 Å². The van der Waals surface area contributed by atoms with Crippen molar-refractivity contribution in [3.63, 3.8) is 0 Å². The van der Waals surface area contributed by atoms with Crippen molar-refractivity contribution in [2.75, 3.05) is 11.9 Å². The molecule has 6 nitrogen and oxygen atoms in total. The van der Waals surface area contributed by atoms with E-state index in [1.54, 1.807) is 24.4 Å². The second-order valence-electron chi connectivity index (χ2n) is 7.08. The lowest BCUT2D eigenvalue weighted by atomic mass is 10.00. The van der Waals surface area contributed by atoms with Gasteiger partial charge in [0.25, 0.3) is 11.8 Å². The first-order valence-electron chi connectivity index (χ1n) is 9.78. The van der Waals surface area contributed by atoms with E-state index in [2.05, 4.69) is 5.32 Å². The summed E-state index contributed by atoms with van der Waals surface area (Å²) in [5, 5.41) is 15.5. The number of amides is 2. The summed E-state index contributed by atoms with van der Waals surface area (Å²) < 4.78 is 37.2. The molecule has 0 saturated carbocycles. The molecule has 0 fully saturated rings. The first kappa shape index (κ1) is 23.5. The summed E-state index contributed by atoms with van der Waals surface area (Å²) in [5.74, 6) is -3.07. The fourth-order valence-electron chi connectivity index (χ4n) is 3.23. The molecule has 0 spiro atoms. The van der Waals surface area contributed by atoms with E-state index in [0.717, 1.165) is 29.0 Å². The average molecular weight is 456 g/mol. The van der Waals surface area contributed by atoms with Crippen molar-refractivity contribution in [1.82, 2.24) is 5.32 Å². The second kappa shape index (κ2) is 9.56. The molecule has 0 heterocycles. The first-order chi connectivity index (χ1) is 15.6. The van der Waals surface area contributed by atoms with Crippen LogP contribution in [0, 0.1) is 0 Å². The number of aromatic carboxylic acids is 1. The van der Waals surface area contributed by atoms with Crippen LogP contribution in [0.3, 0.4) is 0 Å². The van der Waals surface area contributed by atoms with E-state index in [1.807, 2.05) is 36.4 Å². The van der Waals surface area contributed by atoms with Gasteiger partial charge in [-0.05, 0) is 47.5 Å². The number of carboxylic acids is 1. The van der Waals surface area contributed by atoms with Gasteiger partial charge >= 0.3 is 12.1 Å². The van der Waals surface area contributed by atoms with Crippen LogP contribution in [0.25, 0.3) is 16.3 Å². The summed E-state index contributed by atoms with van der Waals surface area (Å²) in [7, 11) is 0. The van der Waals surface area contributed by atoms with E-state index in [4.69, 9.17) is 0 Å². The maximum absolute atomic E-state index is 13.0. The molecular weight excluding hydrogens is 437 g/mol. The Hall–Kier alpha value is -4.14. The molecular formula is C24H19F3N2O4. The Morgan fingerprint density at radius 2 is 1.61 bits per heavy atom. The van der Waals surface area contributed by atoms with Gasteiger partial charge in [0.1, 0.15) is 6.54 Å². The summed E-state index contributed by atoms with van der Waals surface area (Å²) in [4.78, 5) is 36.6. The molecule has 0 aliphatic rings. The van der Waals surface area contributed by atoms with Gasteiger partial charge in [0.2, 0.25) is 0 Å². The molecule has 0 aliphatic carbocycles. The van der Waals surface area contributed by atoms with Crippen molar-refractivity contribution in [2.45, 2.75) is 13.1 Å². The molecule has 3 aromatic rings. The van der Waals surface area contributed by atoms with Gasteiger partial charge in [-0.25, -0.2) is 4.79 Å². The van der Waals surface area contributed by atoms with Crippen molar-refractivity contribution in [3.8, 4) is 0 Å². The molecule has 33 heavy (non-hydrogen) atoms. The highest BCUT2D eigenvalue weighted by Crippen LogP contribution is 2.25. The third kappa shape index (κ3) is 5.76. The molecule has 3 rings (SSSR count). The standard InChI is InChI=1S/C24H19F3N2O4/c1-2-18(16-8-7-14-5-3-4-6-15(14)11-16)22(31)29-20-12-17(9-10-19(20)23(32)33)21(30)28-13-24(25,26)27/h2-12H,13H2,1H3,(H,28,30)(H,29,31)(H,32,33). The number of halogens is 3. The fraction of sp³-hybridized carbons (Fsp3) is 0.125. The van der Waals surface area contributed by atoms with Crippen molar-refractivity contribution >= 4 is 39.8 Å². The molecule has 0 saturated heterocycles. The van der Waals surface area contributed by atoms with Crippen LogP contribution in [0.2, 0.25) is 0 Å². The van der Waals surface area contributed by atoms with Crippen LogP contribution in [0.1, 0.15) is 33.2 Å². The lowest BCUT2D eigenvalue weighted by molar-refractivity contribution is -0.123. The third-order valence-electron chi connectivity index (χ3n) is 4.80. The SMILES string of the molecule is CC=C(C(=O)Nc1cc(C(=O)NCC(F)(F)F)ccc1C(=O)O)c1ccc2ccccc2c1. The van der Waals surface area contributed by atoms with E-state index < -0.39 is 30.5 Å². The molecule has 0 unspecified atom stereocenters. The number of fused-ring (bicyclic) bond motifs is 1. The van der Waals surface area contributed by atoms with Crippen molar-refractivity contribution in [2.24, 2.45) is 0 Å². The van der Waals surface area contributed by atoms with Crippen molar-refractivity contribution in [3.05, 3.63) is 83.4 Å². The van der Waals surface area contributed by atoms with Crippen LogP contribution >= 0.6 is 0 Å². The van der Waals surface area contributed by atoms with Gasteiger partial charge in [-0.15, -0.1) is 0 Å². The predicted octanol–water partition coefficient (Wildman–Crippen LogP) is 4.87. The summed E-state index contributed by atoms with van der Waals surface area (Å²) in [6, 6.07) is 16.1. The zero-order valence-electron chi connectivity index (χ0n) is 17.4. The van der Waals surface area contributed by atoms with Crippen LogP contribution in [-0.4, -0.2) is 35.6 Å². The molecule has 170 valence electrons. The average Bonchev–Trinajstić information content (AvgIpc) is 2.77. The van der Waals surface area contributed by atoms with E-state index in [9.17, 15) is 32.7 Å². The lowest BCUT2D eigenvalue weighted by Gasteiger charge is -2.14. The number of allylic oxidation sites excluding steroid dienone is 1. The Labute approximate surface area is 186 Å². The molecule has 0 radical (unpaired) electrons. The number of nitrogens with one attached hydrogen (secondary N) is 2. The van der Waals surface area contributed by atoms with Gasteiger partial charge in [-0.1, -0.05) is 42.5 Å². The molecule has 0 bridgehead atoms. The number of carbonyl (C=O) groups is 3. The van der Waals surface area contributed by atoms with Gasteiger partial charge in [0.15, 0.2) is 0 Å². The van der Waals surface area contributed by atoms with Gasteiger partial charge in [-0.3, -0.25) is 9.59 Å². The van der Waals surface area contributed by atoms with Crippen LogP contribution in [-0.2, 0) is 4.79 Å². The van der Waals surface area contributed by atoms with Gasteiger partial charge in [0, 0.05) is 11.1 Å². The van der Waals surface area contributed by atoms with Crippen LogP contribution < -0.4 is 10.6 Å². The maximum Gasteiger partial charge on any atom is 0.405 e. The molecule has 2 amide bonds. The fourth-order valence-corrected chi connectivity index (χ4v) is 3.23. The Morgan fingerprint density at radius 3 is 2.24 bits per heavy atom. The summed E-state index contributed by atoms with van der Waals surface area (Å²) in [6.07, 6.45) is -3.05. The summed E-state index contributed by atoms with van der Waals surface area (Å²) >= 11 is 0. The monoisotopic (exact) mass is 456 g/mol. The number of benzene rings is 3.